The fourth-order valence-corrected chi connectivity index (χ4v) is 3.88. The van der Waals surface area contributed by atoms with Crippen LogP contribution in [0.4, 0.5) is 5.69 Å². The van der Waals surface area contributed by atoms with E-state index in [0.29, 0.717) is 22.3 Å². The predicted molar refractivity (Wildman–Crippen MR) is 111 cm³/mol. The zero-order chi connectivity index (χ0) is 21.0. The molecule has 3 rings (SSSR count). The van der Waals surface area contributed by atoms with Crippen molar-refractivity contribution in [3.63, 3.8) is 0 Å². The molecule has 8 nitrogen and oxygen atoms in total. The van der Waals surface area contributed by atoms with Crippen LogP contribution in [0, 0.1) is 6.92 Å². The van der Waals surface area contributed by atoms with Crippen molar-refractivity contribution in [2.45, 2.75) is 18.2 Å². The smallest absolute Gasteiger partial charge is 0.248 e. The van der Waals surface area contributed by atoms with E-state index >= 15 is 0 Å². The second-order valence-corrected chi connectivity index (χ2v) is 8.24. The van der Waals surface area contributed by atoms with Crippen LogP contribution in [0.5, 0.6) is 5.75 Å². The van der Waals surface area contributed by atoms with Crippen LogP contribution >= 0.6 is 0 Å². The van der Waals surface area contributed by atoms with Gasteiger partial charge in [-0.25, -0.2) is 13.1 Å². The lowest BCUT2D eigenvalue weighted by atomic mass is 10.2. The summed E-state index contributed by atoms with van der Waals surface area (Å²) < 4.78 is 32.6. The zero-order valence-corrected chi connectivity index (χ0v) is 16.8. The fourth-order valence-electron chi connectivity index (χ4n) is 2.81. The van der Waals surface area contributed by atoms with Gasteiger partial charge in [-0.15, -0.1) is 0 Å². The molecular weight excluding hydrogens is 394 g/mol. The molecule has 0 saturated carbocycles. The average molecular weight is 415 g/mol. The molecule has 152 valence electrons. The molecular formula is C20H21N3O5S. The summed E-state index contributed by atoms with van der Waals surface area (Å²) in [6.45, 7) is 1.83. The Morgan fingerprint density at radius 1 is 1.10 bits per heavy atom. The first-order valence-corrected chi connectivity index (χ1v) is 10.3. The minimum Gasteiger partial charge on any atom is -0.495 e. The first-order chi connectivity index (χ1) is 13.8. The van der Waals surface area contributed by atoms with Crippen LogP contribution < -0.4 is 20.3 Å². The van der Waals surface area contributed by atoms with Gasteiger partial charge in [0, 0.05) is 24.5 Å². The molecule has 9 heteroatoms. The molecule has 1 aromatic heterocycles. The molecule has 0 atom stereocenters. The molecule has 3 N–H and O–H groups in total. The third-order valence-electron chi connectivity index (χ3n) is 4.28. The van der Waals surface area contributed by atoms with Gasteiger partial charge in [0.25, 0.3) is 0 Å². The summed E-state index contributed by atoms with van der Waals surface area (Å²) in [6.07, 6.45) is -0.0444. The topological polar surface area (TPSA) is 117 Å². The van der Waals surface area contributed by atoms with Gasteiger partial charge in [-0.1, -0.05) is 6.07 Å². The van der Waals surface area contributed by atoms with E-state index in [1.165, 1.54) is 31.4 Å². The van der Waals surface area contributed by atoms with Crippen LogP contribution in [0.15, 0.2) is 58.2 Å². The third-order valence-corrected chi connectivity index (χ3v) is 5.74. The zero-order valence-electron chi connectivity index (χ0n) is 16.0. The Balaban J connectivity index is 1.63. The van der Waals surface area contributed by atoms with E-state index in [9.17, 15) is 18.0 Å². The second-order valence-electron chi connectivity index (χ2n) is 6.47. The van der Waals surface area contributed by atoms with Crippen molar-refractivity contribution < 1.29 is 17.9 Å². The summed E-state index contributed by atoms with van der Waals surface area (Å²) in [5.74, 6) is 0.187. The van der Waals surface area contributed by atoms with Crippen molar-refractivity contribution in [1.29, 1.82) is 0 Å². The largest absolute Gasteiger partial charge is 0.495 e. The van der Waals surface area contributed by atoms with Gasteiger partial charge in [-0.3, -0.25) is 9.59 Å². The molecule has 0 saturated heterocycles. The Labute approximate surface area is 168 Å². The number of methoxy groups -OCH3 is 1. The number of H-pyrrole nitrogens is 1. The SMILES string of the molecule is COc1ccc(C)cc1NC(=O)CCNS(=O)(=O)c1ccc2[nH]c(=O)ccc2c1. The average Bonchev–Trinajstić information content (AvgIpc) is 2.67. The molecule has 0 radical (unpaired) electrons. The summed E-state index contributed by atoms with van der Waals surface area (Å²) >= 11 is 0. The second kappa shape index (κ2) is 8.46. The van der Waals surface area contributed by atoms with E-state index in [4.69, 9.17) is 4.74 Å². The van der Waals surface area contributed by atoms with Gasteiger partial charge in [-0.05, 0) is 54.3 Å². The molecule has 0 bridgehead atoms. The van der Waals surface area contributed by atoms with Crippen LogP contribution in [0.25, 0.3) is 10.9 Å². The Bertz CT molecular complexity index is 1220. The van der Waals surface area contributed by atoms with Gasteiger partial charge >= 0.3 is 0 Å². The van der Waals surface area contributed by atoms with Crippen molar-refractivity contribution >= 4 is 32.5 Å². The molecule has 2 aromatic carbocycles. The normalized spacial score (nSPS) is 11.4. The standard InChI is InChI=1S/C20H21N3O5S/c1-13-3-7-18(28-2)17(11-13)23-20(25)9-10-21-29(26,27)15-5-6-16-14(12-15)4-8-19(24)22-16/h3-8,11-12,21H,9-10H2,1-2H3,(H,22,24)(H,23,25). The molecule has 1 heterocycles. The number of sulfonamides is 1. The monoisotopic (exact) mass is 415 g/mol. The van der Waals surface area contributed by atoms with Gasteiger partial charge in [0.1, 0.15) is 5.75 Å². The van der Waals surface area contributed by atoms with E-state index in [0.717, 1.165) is 5.56 Å². The molecule has 0 spiro atoms. The van der Waals surface area contributed by atoms with Crippen molar-refractivity contribution in [1.82, 2.24) is 9.71 Å². The molecule has 0 aliphatic carbocycles. The first kappa shape index (κ1) is 20.6. The number of aromatic amines is 1. The summed E-state index contributed by atoms with van der Waals surface area (Å²) in [6, 6.07) is 12.7. The molecule has 0 aliphatic rings. The number of carbonyl (C=O) groups excluding carboxylic acids is 1. The third kappa shape index (κ3) is 5.01. The number of anilines is 1. The Hall–Kier alpha value is -3.17. The van der Waals surface area contributed by atoms with Crippen LogP contribution in [-0.4, -0.2) is 33.0 Å². The molecule has 0 aliphatic heterocycles. The summed E-state index contributed by atoms with van der Waals surface area (Å²) in [5, 5.41) is 3.32. The van der Waals surface area contributed by atoms with Crippen LogP contribution in [0.3, 0.4) is 0 Å². The Morgan fingerprint density at radius 2 is 1.90 bits per heavy atom. The van der Waals surface area contributed by atoms with Crippen molar-refractivity contribution in [2.24, 2.45) is 0 Å². The van der Waals surface area contributed by atoms with Gasteiger partial charge in [0.15, 0.2) is 0 Å². The molecule has 0 fully saturated rings. The maximum Gasteiger partial charge on any atom is 0.248 e. The molecule has 29 heavy (non-hydrogen) atoms. The highest BCUT2D eigenvalue weighted by atomic mass is 32.2. The van der Waals surface area contributed by atoms with E-state index < -0.39 is 10.0 Å². The molecule has 3 aromatic rings. The quantitative estimate of drug-likeness (QED) is 0.547. The Kier molecular flexibility index (Phi) is 6.00. The van der Waals surface area contributed by atoms with E-state index in [1.807, 2.05) is 13.0 Å². The number of fused-ring (bicyclic) bond motifs is 1. The van der Waals surface area contributed by atoms with Crippen LogP contribution in [0.2, 0.25) is 0 Å². The highest BCUT2D eigenvalue weighted by Gasteiger charge is 2.15. The number of ether oxygens (including phenoxy) is 1. The van der Waals surface area contributed by atoms with Crippen LogP contribution in [-0.2, 0) is 14.8 Å². The summed E-state index contributed by atoms with van der Waals surface area (Å²) in [5.41, 5.74) is 1.77. The highest BCUT2D eigenvalue weighted by molar-refractivity contribution is 7.89. The van der Waals surface area contributed by atoms with E-state index in [-0.39, 0.29) is 29.3 Å². The van der Waals surface area contributed by atoms with Crippen molar-refractivity contribution in [3.05, 3.63) is 64.4 Å². The number of pyridine rings is 1. The van der Waals surface area contributed by atoms with Gasteiger partial charge in [0.05, 0.1) is 17.7 Å². The van der Waals surface area contributed by atoms with Crippen LogP contribution in [0.1, 0.15) is 12.0 Å². The number of amides is 1. The summed E-state index contributed by atoms with van der Waals surface area (Å²) in [7, 11) is -2.29. The van der Waals surface area contributed by atoms with E-state index in [2.05, 4.69) is 15.0 Å². The number of hydrogen-bond donors (Lipinski definition) is 3. The molecule has 0 unspecified atom stereocenters. The maximum absolute atomic E-state index is 12.5. The highest BCUT2D eigenvalue weighted by Crippen LogP contribution is 2.25. The number of carbonyl (C=O) groups is 1. The minimum atomic E-state index is -3.80. The lowest BCUT2D eigenvalue weighted by Gasteiger charge is -2.11. The first-order valence-electron chi connectivity index (χ1n) is 8.86. The lowest BCUT2D eigenvalue weighted by molar-refractivity contribution is -0.116. The number of rotatable bonds is 7. The van der Waals surface area contributed by atoms with Gasteiger partial charge in [0.2, 0.25) is 21.5 Å². The van der Waals surface area contributed by atoms with E-state index in [1.54, 1.807) is 18.2 Å². The number of hydrogen-bond acceptors (Lipinski definition) is 5. The fraction of sp³-hybridized carbons (Fsp3) is 0.200. The predicted octanol–water partition coefficient (Wildman–Crippen LogP) is 2.15. The number of aryl methyl sites for hydroxylation is 1. The maximum atomic E-state index is 12.5. The Morgan fingerprint density at radius 3 is 2.66 bits per heavy atom. The number of nitrogens with one attached hydrogen (secondary N) is 3. The minimum absolute atomic E-state index is 0.0444. The summed E-state index contributed by atoms with van der Waals surface area (Å²) in [4.78, 5) is 26.2. The number of benzene rings is 2. The van der Waals surface area contributed by atoms with Crippen molar-refractivity contribution in [3.8, 4) is 5.75 Å². The molecule has 1 amide bonds. The van der Waals surface area contributed by atoms with Gasteiger partial charge < -0.3 is 15.0 Å². The van der Waals surface area contributed by atoms with Gasteiger partial charge in [-0.2, -0.15) is 0 Å². The lowest BCUT2D eigenvalue weighted by Crippen LogP contribution is -2.28. The van der Waals surface area contributed by atoms with Crippen molar-refractivity contribution in [2.75, 3.05) is 19.0 Å². The number of aromatic nitrogens is 1.